The molecule has 0 bridgehead atoms. The van der Waals surface area contributed by atoms with E-state index < -0.39 is 0 Å². The lowest BCUT2D eigenvalue weighted by Gasteiger charge is -2.48. The lowest BCUT2D eigenvalue weighted by molar-refractivity contribution is -0.140. The first kappa shape index (κ1) is 37.5. The van der Waals surface area contributed by atoms with Gasteiger partial charge in [0.25, 0.3) is 0 Å². The second kappa shape index (κ2) is 18.0. The molecule has 2 amide bonds. The fourth-order valence-electron chi connectivity index (χ4n) is 7.92. The molecule has 4 heterocycles. The quantitative estimate of drug-likeness (QED) is 0.180. The van der Waals surface area contributed by atoms with Gasteiger partial charge in [-0.15, -0.1) is 0 Å². The van der Waals surface area contributed by atoms with Gasteiger partial charge in [-0.1, -0.05) is 41.9 Å². The Balaban J connectivity index is 0.958. The van der Waals surface area contributed by atoms with E-state index in [4.69, 9.17) is 26.3 Å². The van der Waals surface area contributed by atoms with Gasteiger partial charge >= 0.3 is 0 Å². The van der Waals surface area contributed by atoms with E-state index in [0.29, 0.717) is 72.8 Å². The molecule has 0 N–H and O–H groups in total. The average Bonchev–Trinajstić information content (AvgIpc) is 3.63. The largest absolute Gasteiger partial charge is 0.488 e. The SMILES string of the molecule is N#Cc1cncc(COc2cc(CCC(=O)N3CCCC4(CCCN(C(=O)CCCN5CCC(OCc6ccccc6)C5)C4)C3)c(Cl)cc2C=O)c1. The number of aldehydes is 1. The zero-order valence-corrected chi connectivity index (χ0v) is 30.6. The number of rotatable bonds is 14. The number of nitriles is 1. The van der Waals surface area contributed by atoms with E-state index in [9.17, 15) is 14.4 Å². The van der Waals surface area contributed by atoms with Crippen LogP contribution in [0.4, 0.5) is 0 Å². The minimum atomic E-state index is -0.0674. The number of likely N-dealkylation sites (tertiary alicyclic amines) is 3. The Morgan fingerprint density at radius 1 is 0.962 bits per heavy atom. The number of halogens is 1. The highest BCUT2D eigenvalue weighted by atomic mass is 35.5. The van der Waals surface area contributed by atoms with Crippen LogP contribution < -0.4 is 4.74 Å². The number of hydrogen-bond donors (Lipinski definition) is 0. The molecule has 3 fully saturated rings. The first-order valence-electron chi connectivity index (χ1n) is 18.5. The highest BCUT2D eigenvalue weighted by molar-refractivity contribution is 6.31. The van der Waals surface area contributed by atoms with Gasteiger partial charge in [-0.2, -0.15) is 5.26 Å². The van der Waals surface area contributed by atoms with Crippen molar-refractivity contribution in [3.63, 3.8) is 0 Å². The van der Waals surface area contributed by atoms with Crippen LogP contribution in [0, 0.1) is 16.7 Å². The standard InChI is InChI=1S/C41H48ClN5O5/c42-37-20-35(26-48)38(52-28-33-19-32(22-43)23-44-24-33)21-34(37)10-11-40(50)47-17-6-14-41(30-47)13-5-16-46(29-41)39(49)9-4-15-45-18-12-36(25-45)51-27-31-7-2-1-3-8-31/h1-3,7-8,19-21,23-24,26,36H,4-6,9-18,25,27-30H2. The Morgan fingerprint density at radius 3 is 2.44 bits per heavy atom. The lowest BCUT2D eigenvalue weighted by atomic mass is 9.73. The van der Waals surface area contributed by atoms with Gasteiger partial charge in [0.2, 0.25) is 11.8 Å². The number of amides is 2. The predicted octanol–water partition coefficient (Wildman–Crippen LogP) is 6.23. The Hall–Kier alpha value is -4.30. The third-order valence-electron chi connectivity index (χ3n) is 10.7. The first-order valence-corrected chi connectivity index (χ1v) is 18.9. The number of aromatic nitrogens is 1. The molecule has 2 aromatic carbocycles. The number of pyridine rings is 1. The number of aryl methyl sites for hydroxylation is 1. The van der Waals surface area contributed by atoms with Crippen molar-refractivity contribution >= 4 is 29.7 Å². The number of benzene rings is 2. The van der Waals surface area contributed by atoms with Gasteiger partial charge in [-0.3, -0.25) is 19.4 Å². The van der Waals surface area contributed by atoms with Gasteiger partial charge in [-0.05, 0) is 80.8 Å². The van der Waals surface area contributed by atoms with Crippen LogP contribution in [0.5, 0.6) is 5.75 Å². The second-order valence-corrected chi connectivity index (χ2v) is 14.9. The zero-order valence-electron chi connectivity index (χ0n) is 29.8. The van der Waals surface area contributed by atoms with Crippen LogP contribution in [-0.4, -0.2) is 89.7 Å². The smallest absolute Gasteiger partial charge is 0.222 e. The summed E-state index contributed by atoms with van der Waals surface area (Å²) in [5.74, 6) is 0.654. The molecule has 10 nitrogen and oxygen atoms in total. The monoisotopic (exact) mass is 725 g/mol. The number of carbonyl (C=O) groups excluding carboxylic acids is 3. The van der Waals surface area contributed by atoms with Gasteiger partial charge in [-0.25, -0.2) is 0 Å². The van der Waals surface area contributed by atoms with E-state index in [2.05, 4.69) is 33.0 Å². The third kappa shape index (κ3) is 9.97. The van der Waals surface area contributed by atoms with Crippen molar-refractivity contribution in [1.29, 1.82) is 5.26 Å². The molecule has 3 aromatic rings. The molecule has 52 heavy (non-hydrogen) atoms. The Kier molecular flexibility index (Phi) is 12.9. The van der Waals surface area contributed by atoms with Gasteiger partial charge in [0, 0.05) is 80.5 Å². The number of piperidine rings is 2. The van der Waals surface area contributed by atoms with E-state index in [-0.39, 0.29) is 36.4 Å². The molecular formula is C41H48ClN5O5. The molecule has 6 rings (SSSR count). The molecule has 2 unspecified atom stereocenters. The summed E-state index contributed by atoms with van der Waals surface area (Å²) >= 11 is 6.55. The van der Waals surface area contributed by atoms with Crippen LogP contribution in [0.15, 0.2) is 60.9 Å². The normalized spacial score (nSPS) is 20.5. The summed E-state index contributed by atoms with van der Waals surface area (Å²) in [6.07, 6.45) is 11.0. The van der Waals surface area contributed by atoms with E-state index in [0.717, 1.165) is 70.3 Å². The van der Waals surface area contributed by atoms with Crippen LogP contribution in [0.3, 0.4) is 0 Å². The van der Waals surface area contributed by atoms with Gasteiger partial charge < -0.3 is 24.2 Å². The summed E-state index contributed by atoms with van der Waals surface area (Å²) < 4.78 is 12.1. The molecule has 11 heteroatoms. The number of nitrogens with zero attached hydrogens (tertiary/aromatic N) is 5. The van der Waals surface area contributed by atoms with Crippen molar-refractivity contribution in [2.45, 2.75) is 77.1 Å². The van der Waals surface area contributed by atoms with Gasteiger partial charge in [0.15, 0.2) is 6.29 Å². The van der Waals surface area contributed by atoms with E-state index in [1.807, 2.05) is 23.1 Å². The van der Waals surface area contributed by atoms with Crippen LogP contribution in [0.25, 0.3) is 0 Å². The molecule has 0 saturated carbocycles. The minimum absolute atomic E-state index is 0.0663. The number of hydrogen-bond acceptors (Lipinski definition) is 8. The second-order valence-electron chi connectivity index (χ2n) is 14.5. The molecule has 2 atom stereocenters. The predicted molar refractivity (Wildman–Crippen MR) is 198 cm³/mol. The van der Waals surface area contributed by atoms with E-state index in [1.165, 1.54) is 11.8 Å². The maximum absolute atomic E-state index is 13.6. The molecule has 274 valence electrons. The van der Waals surface area contributed by atoms with Crippen molar-refractivity contribution in [2.24, 2.45) is 5.41 Å². The lowest BCUT2D eigenvalue weighted by Crippen LogP contribution is -2.54. The summed E-state index contributed by atoms with van der Waals surface area (Å²) in [5, 5.41) is 9.57. The summed E-state index contributed by atoms with van der Waals surface area (Å²) in [7, 11) is 0. The number of carbonyl (C=O) groups is 3. The van der Waals surface area contributed by atoms with Crippen molar-refractivity contribution in [1.82, 2.24) is 19.7 Å². The van der Waals surface area contributed by atoms with E-state index in [1.54, 1.807) is 24.4 Å². The average molecular weight is 726 g/mol. The number of ether oxygens (including phenoxy) is 2. The Bertz CT molecular complexity index is 1750. The van der Waals surface area contributed by atoms with Crippen molar-refractivity contribution in [3.05, 3.63) is 93.8 Å². The highest BCUT2D eigenvalue weighted by Gasteiger charge is 2.41. The molecular weight excluding hydrogens is 678 g/mol. The Morgan fingerprint density at radius 2 is 1.71 bits per heavy atom. The van der Waals surface area contributed by atoms with Gasteiger partial charge in [0.1, 0.15) is 18.4 Å². The van der Waals surface area contributed by atoms with E-state index >= 15 is 0 Å². The molecule has 3 saturated heterocycles. The van der Waals surface area contributed by atoms with Crippen LogP contribution in [0.2, 0.25) is 5.02 Å². The fraction of sp³-hybridized carbons (Fsp3) is 0.488. The molecule has 0 aliphatic carbocycles. The summed E-state index contributed by atoms with van der Waals surface area (Å²) in [6.45, 7) is 6.46. The zero-order chi connectivity index (χ0) is 36.3. The summed E-state index contributed by atoms with van der Waals surface area (Å²) in [4.78, 5) is 49.2. The topological polar surface area (TPSA) is 116 Å². The maximum Gasteiger partial charge on any atom is 0.222 e. The minimum Gasteiger partial charge on any atom is -0.488 e. The Labute approximate surface area is 311 Å². The third-order valence-corrected chi connectivity index (χ3v) is 11.0. The van der Waals surface area contributed by atoms with Crippen LogP contribution in [-0.2, 0) is 34.0 Å². The molecule has 3 aliphatic heterocycles. The van der Waals surface area contributed by atoms with Crippen molar-refractivity contribution in [3.8, 4) is 11.8 Å². The van der Waals surface area contributed by atoms with Crippen molar-refractivity contribution < 1.29 is 23.9 Å². The molecule has 3 aliphatic rings. The molecule has 0 radical (unpaired) electrons. The fourth-order valence-corrected chi connectivity index (χ4v) is 8.19. The summed E-state index contributed by atoms with van der Waals surface area (Å²) in [6, 6.07) is 17.3. The van der Waals surface area contributed by atoms with Crippen LogP contribution >= 0.6 is 11.6 Å². The van der Waals surface area contributed by atoms with Crippen molar-refractivity contribution in [2.75, 3.05) is 45.8 Å². The van der Waals surface area contributed by atoms with Crippen LogP contribution in [0.1, 0.15) is 84.0 Å². The molecule has 1 aromatic heterocycles. The summed E-state index contributed by atoms with van der Waals surface area (Å²) in [5.41, 5.74) is 3.29. The molecule has 1 spiro atoms. The first-order chi connectivity index (χ1) is 25.3. The maximum atomic E-state index is 13.6. The highest BCUT2D eigenvalue weighted by Crippen LogP contribution is 2.39. The van der Waals surface area contributed by atoms with Gasteiger partial charge in [0.05, 0.1) is 23.8 Å².